The van der Waals surface area contributed by atoms with Crippen LogP contribution >= 0.6 is 0 Å². The van der Waals surface area contributed by atoms with E-state index < -0.39 is 6.10 Å². The van der Waals surface area contributed by atoms with Crippen molar-refractivity contribution in [3.8, 4) is 5.75 Å². The number of phenolic OH excluding ortho intramolecular Hbond substituents is 1. The number of benzene rings is 2. The van der Waals surface area contributed by atoms with E-state index >= 15 is 0 Å². The number of rotatable bonds is 3. The molecule has 98 valence electrons. The molecular formula is C17H18O2. The summed E-state index contributed by atoms with van der Waals surface area (Å²) in [5.41, 5.74) is 1.71. The number of aliphatic hydroxyl groups is 1. The number of phenols is 1. The first kappa shape index (κ1) is 12.2. The topological polar surface area (TPSA) is 40.5 Å². The molecule has 0 spiro atoms. The highest BCUT2D eigenvalue weighted by Crippen LogP contribution is 2.65. The molecule has 1 fully saturated rings. The smallest absolute Gasteiger partial charge is 0.121 e. The lowest BCUT2D eigenvalue weighted by Gasteiger charge is -2.21. The normalized spacial score (nSPS) is 26.9. The molecule has 2 aromatic rings. The number of aliphatic hydroxyl groups excluding tert-OH is 1. The summed E-state index contributed by atoms with van der Waals surface area (Å²) in [6.07, 6.45) is 0.325. The molecule has 0 amide bonds. The van der Waals surface area contributed by atoms with Crippen LogP contribution in [0.2, 0.25) is 0 Å². The molecular weight excluding hydrogens is 236 g/mol. The van der Waals surface area contributed by atoms with Crippen LogP contribution in [0.15, 0.2) is 54.6 Å². The van der Waals surface area contributed by atoms with E-state index in [0.29, 0.717) is 11.5 Å². The fourth-order valence-electron chi connectivity index (χ4n) is 2.94. The average Bonchev–Trinajstić information content (AvgIpc) is 3.13. The molecule has 3 rings (SSSR count). The quantitative estimate of drug-likeness (QED) is 0.878. The van der Waals surface area contributed by atoms with Crippen LogP contribution in [0.1, 0.15) is 36.5 Å². The Morgan fingerprint density at radius 3 is 2.37 bits per heavy atom. The van der Waals surface area contributed by atoms with Crippen molar-refractivity contribution in [2.75, 3.05) is 0 Å². The summed E-state index contributed by atoms with van der Waals surface area (Å²) in [4.78, 5) is 0. The molecule has 0 bridgehead atoms. The van der Waals surface area contributed by atoms with E-state index in [9.17, 15) is 10.2 Å². The molecule has 0 aliphatic heterocycles. The van der Waals surface area contributed by atoms with Gasteiger partial charge in [-0.3, -0.25) is 0 Å². The summed E-state index contributed by atoms with van der Waals surface area (Å²) >= 11 is 0. The van der Waals surface area contributed by atoms with Crippen molar-refractivity contribution in [1.82, 2.24) is 0 Å². The molecule has 1 saturated carbocycles. The molecule has 3 unspecified atom stereocenters. The largest absolute Gasteiger partial charge is 0.508 e. The highest BCUT2D eigenvalue weighted by atomic mass is 16.3. The van der Waals surface area contributed by atoms with E-state index in [4.69, 9.17) is 0 Å². The third-order valence-corrected chi connectivity index (χ3v) is 4.34. The van der Waals surface area contributed by atoms with E-state index in [2.05, 4.69) is 19.1 Å². The number of hydrogen-bond acceptors (Lipinski definition) is 2. The van der Waals surface area contributed by atoms with Gasteiger partial charge in [0, 0.05) is 11.0 Å². The Balaban J connectivity index is 1.86. The van der Waals surface area contributed by atoms with Gasteiger partial charge < -0.3 is 10.2 Å². The maximum atomic E-state index is 10.6. The Kier molecular flexibility index (Phi) is 2.83. The molecule has 2 N–H and O–H groups in total. The zero-order chi connectivity index (χ0) is 13.5. The Labute approximate surface area is 113 Å². The fourth-order valence-corrected chi connectivity index (χ4v) is 2.94. The highest BCUT2D eigenvalue weighted by Gasteiger charge is 2.56. The van der Waals surface area contributed by atoms with E-state index in [0.717, 1.165) is 6.42 Å². The van der Waals surface area contributed by atoms with E-state index in [-0.39, 0.29) is 11.2 Å². The minimum absolute atomic E-state index is 0.176. The zero-order valence-corrected chi connectivity index (χ0v) is 11.0. The summed E-state index contributed by atoms with van der Waals surface area (Å²) in [6.45, 7) is 2.09. The molecule has 1 aliphatic rings. The Bertz CT molecular complexity index is 579. The van der Waals surface area contributed by atoms with Gasteiger partial charge in [-0.2, -0.15) is 0 Å². The standard InChI is InChI=1S/C17H18O2/c1-17(11-14(17)12-7-3-2-4-8-12)16(19)13-9-5-6-10-15(13)18/h2-10,14,16,18-19H,11H2,1H3. The zero-order valence-electron chi connectivity index (χ0n) is 11.0. The predicted molar refractivity (Wildman–Crippen MR) is 75.0 cm³/mol. The van der Waals surface area contributed by atoms with Crippen molar-refractivity contribution in [2.24, 2.45) is 5.41 Å². The third kappa shape index (κ3) is 2.02. The van der Waals surface area contributed by atoms with Gasteiger partial charge in [0.15, 0.2) is 0 Å². The van der Waals surface area contributed by atoms with Gasteiger partial charge in [0.2, 0.25) is 0 Å². The second-order valence-corrected chi connectivity index (χ2v) is 5.63. The summed E-state index contributed by atoms with van der Waals surface area (Å²) in [7, 11) is 0. The van der Waals surface area contributed by atoms with Crippen molar-refractivity contribution in [3.05, 3.63) is 65.7 Å². The lowest BCUT2D eigenvalue weighted by atomic mass is 9.90. The number of aromatic hydroxyl groups is 1. The maximum Gasteiger partial charge on any atom is 0.121 e. The Morgan fingerprint density at radius 1 is 1.05 bits per heavy atom. The lowest BCUT2D eigenvalue weighted by molar-refractivity contribution is 0.0971. The Hall–Kier alpha value is -1.80. The van der Waals surface area contributed by atoms with Gasteiger partial charge in [-0.25, -0.2) is 0 Å². The number of hydrogen-bond donors (Lipinski definition) is 2. The van der Waals surface area contributed by atoms with Crippen molar-refractivity contribution in [3.63, 3.8) is 0 Å². The van der Waals surface area contributed by atoms with Gasteiger partial charge in [0.25, 0.3) is 0 Å². The van der Waals surface area contributed by atoms with Crippen LogP contribution in [0, 0.1) is 5.41 Å². The SMILES string of the molecule is CC1(C(O)c2ccccc2O)CC1c1ccccc1. The van der Waals surface area contributed by atoms with E-state index in [1.165, 1.54) is 5.56 Å². The van der Waals surface area contributed by atoms with Crippen LogP contribution in [0.4, 0.5) is 0 Å². The first-order valence-electron chi connectivity index (χ1n) is 6.64. The monoisotopic (exact) mass is 254 g/mol. The molecule has 1 aliphatic carbocycles. The van der Waals surface area contributed by atoms with Crippen LogP contribution in [-0.4, -0.2) is 10.2 Å². The molecule has 0 saturated heterocycles. The summed E-state index contributed by atoms with van der Waals surface area (Å²) in [6, 6.07) is 17.3. The minimum Gasteiger partial charge on any atom is -0.508 e. The van der Waals surface area contributed by atoms with Crippen molar-refractivity contribution >= 4 is 0 Å². The van der Waals surface area contributed by atoms with E-state index in [1.807, 2.05) is 24.3 Å². The van der Waals surface area contributed by atoms with Gasteiger partial charge in [-0.1, -0.05) is 55.5 Å². The summed E-state index contributed by atoms with van der Waals surface area (Å²) in [5.74, 6) is 0.540. The van der Waals surface area contributed by atoms with Crippen LogP contribution in [-0.2, 0) is 0 Å². The second kappa shape index (κ2) is 4.39. The Morgan fingerprint density at radius 2 is 1.68 bits per heavy atom. The van der Waals surface area contributed by atoms with Crippen LogP contribution < -0.4 is 0 Å². The van der Waals surface area contributed by atoms with Gasteiger partial charge in [0.1, 0.15) is 5.75 Å². The van der Waals surface area contributed by atoms with Gasteiger partial charge in [-0.15, -0.1) is 0 Å². The van der Waals surface area contributed by atoms with E-state index in [1.54, 1.807) is 18.2 Å². The maximum absolute atomic E-state index is 10.6. The molecule has 2 nitrogen and oxygen atoms in total. The van der Waals surface area contributed by atoms with Crippen LogP contribution in [0.3, 0.4) is 0 Å². The summed E-state index contributed by atoms with van der Waals surface area (Å²) < 4.78 is 0. The van der Waals surface area contributed by atoms with Gasteiger partial charge in [0.05, 0.1) is 6.10 Å². The first-order valence-corrected chi connectivity index (χ1v) is 6.64. The average molecular weight is 254 g/mol. The molecule has 2 aromatic carbocycles. The van der Waals surface area contributed by atoms with Crippen molar-refractivity contribution < 1.29 is 10.2 Å². The van der Waals surface area contributed by atoms with Crippen molar-refractivity contribution in [1.29, 1.82) is 0 Å². The second-order valence-electron chi connectivity index (χ2n) is 5.63. The van der Waals surface area contributed by atoms with Gasteiger partial charge >= 0.3 is 0 Å². The fraction of sp³-hybridized carbons (Fsp3) is 0.294. The molecule has 2 heteroatoms. The molecule has 19 heavy (non-hydrogen) atoms. The summed E-state index contributed by atoms with van der Waals surface area (Å²) in [5, 5.41) is 20.4. The molecule has 0 aromatic heterocycles. The third-order valence-electron chi connectivity index (χ3n) is 4.34. The predicted octanol–water partition coefficient (Wildman–Crippen LogP) is 3.62. The highest BCUT2D eigenvalue weighted by molar-refractivity contribution is 5.39. The number of para-hydroxylation sites is 1. The lowest BCUT2D eigenvalue weighted by Crippen LogP contribution is -2.12. The van der Waals surface area contributed by atoms with Crippen molar-refractivity contribution in [2.45, 2.75) is 25.4 Å². The van der Waals surface area contributed by atoms with Crippen LogP contribution in [0.25, 0.3) is 0 Å². The molecule has 3 atom stereocenters. The molecule has 0 radical (unpaired) electrons. The van der Waals surface area contributed by atoms with Gasteiger partial charge in [-0.05, 0) is 24.0 Å². The first-order chi connectivity index (χ1) is 9.13. The minimum atomic E-state index is -0.626. The molecule has 0 heterocycles. The van der Waals surface area contributed by atoms with Crippen LogP contribution in [0.5, 0.6) is 5.75 Å².